The van der Waals surface area contributed by atoms with Crippen molar-refractivity contribution in [1.29, 1.82) is 0 Å². The van der Waals surface area contributed by atoms with E-state index in [0.717, 1.165) is 16.6 Å². The Bertz CT molecular complexity index is 1280. The summed E-state index contributed by atoms with van der Waals surface area (Å²) in [6.45, 7) is 2.15. The molecule has 1 N–H and O–H groups in total. The highest BCUT2D eigenvalue weighted by molar-refractivity contribution is 7.91. The number of hydrogen-bond donors (Lipinski definition) is 1. The number of carbonyl (C=O) groups excluding carboxylic acids is 1. The number of furan rings is 1. The monoisotopic (exact) mass is 421 g/mol. The zero-order valence-corrected chi connectivity index (χ0v) is 17.0. The number of carbonyl (C=O) groups is 1. The van der Waals surface area contributed by atoms with Crippen molar-refractivity contribution in [2.75, 3.05) is 0 Å². The first kappa shape index (κ1) is 19.8. The third kappa shape index (κ3) is 3.95. The Morgan fingerprint density at radius 3 is 2.63 bits per heavy atom. The van der Waals surface area contributed by atoms with E-state index in [1.54, 1.807) is 48.8 Å². The van der Waals surface area contributed by atoms with E-state index in [1.165, 1.54) is 18.2 Å². The van der Waals surface area contributed by atoms with Gasteiger partial charge in [-0.1, -0.05) is 25.1 Å². The molecule has 0 aliphatic rings. The number of hydrogen-bond acceptors (Lipinski definition) is 6. The lowest BCUT2D eigenvalue weighted by Crippen LogP contribution is -2.22. The van der Waals surface area contributed by atoms with E-state index in [0.29, 0.717) is 12.0 Å². The lowest BCUT2D eigenvalue weighted by molar-refractivity contribution is 0.0925. The smallest absolute Gasteiger partial charge is 0.287 e. The van der Waals surface area contributed by atoms with E-state index in [-0.39, 0.29) is 28.1 Å². The summed E-state index contributed by atoms with van der Waals surface area (Å²) in [6, 6.07) is 14.8. The van der Waals surface area contributed by atoms with Crippen LogP contribution in [-0.2, 0) is 22.8 Å². The predicted octanol–water partition coefficient (Wildman–Crippen LogP) is 3.55. The normalized spacial score (nSPS) is 11.5. The van der Waals surface area contributed by atoms with Crippen LogP contribution in [0.5, 0.6) is 0 Å². The highest BCUT2D eigenvalue weighted by atomic mass is 32.2. The van der Waals surface area contributed by atoms with Crippen LogP contribution in [0.25, 0.3) is 11.0 Å². The van der Waals surface area contributed by atoms with Gasteiger partial charge < -0.3 is 9.73 Å². The molecule has 1 amide bonds. The number of sulfone groups is 1. The van der Waals surface area contributed by atoms with Crippen molar-refractivity contribution in [3.8, 4) is 0 Å². The SMILES string of the molecule is CCc1cccc(S(=O)(=O)c2ccc(CNC(=O)c3cc4ccncc4o3)cc2)n1. The summed E-state index contributed by atoms with van der Waals surface area (Å²) in [4.78, 5) is 20.7. The summed E-state index contributed by atoms with van der Waals surface area (Å²) in [5.74, 6) is -0.164. The molecule has 0 aliphatic carbocycles. The van der Waals surface area contributed by atoms with Crippen LogP contribution in [0.2, 0.25) is 0 Å². The van der Waals surface area contributed by atoms with Gasteiger partial charge in [-0.15, -0.1) is 0 Å². The van der Waals surface area contributed by atoms with Crippen molar-refractivity contribution in [2.45, 2.75) is 29.8 Å². The minimum absolute atomic E-state index is 0.0299. The molecule has 30 heavy (non-hydrogen) atoms. The second kappa shape index (κ2) is 8.08. The van der Waals surface area contributed by atoms with Gasteiger partial charge in [0.15, 0.2) is 16.4 Å². The van der Waals surface area contributed by atoms with Crippen LogP contribution in [0.3, 0.4) is 0 Å². The minimum Gasteiger partial charge on any atom is -0.449 e. The molecule has 3 heterocycles. The number of rotatable bonds is 6. The Morgan fingerprint density at radius 2 is 1.90 bits per heavy atom. The molecule has 0 atom stereocenters. The molecule has 0 aliphatic heterocycles. The number of aromatic nitrogens is 2. The van der Waals surface area contributed by atoms with E-state index in [4.69, 9.17) is 4.42 Å². The first-order valence-corrected chi connectivity index (χ1v) is 10.9. The highest BCUT2D eigenvalue weighted by Crippen LogP contribution is 2.21. The van der Waals surface area contributed by atoms with E-state index in [1.807, 2.05) is 6.92 Å². The molecular formula is C22H19N3O4S. The maximum absolute atomic E-state index is 12.8. The van der Waals surface area contributed by atoms with Gasteiger partial charge in [-0.05, 0) is 48.4 Å². The van der Waals surface area contributed by atoms with E-state index in [2.05, 4.69) is 15.3 Å². The highest BCUT2D eigenvalue weighted by Gasteiger charge is 2.19. The molecule has 0 saturated carbocycles. The van der Waals surface area contributed by atoms with Crippen molar-refractivity contribution in [2.24, 2.45) is 0 Å². The maximum atomic E-state index is 12.8. The van der Waals surface area contributed by atoms with Crippen LogP contribution in [0, 0.1) is 0 Å². The van der Waals surface area contributed by atoms with Gasteiger partial charge in [0, 0.05) is 23.8 Å². The molecule has 0 spiro atoms. The summed E-state index contributed by atoms with van der Waals surface area (Å²) < 4.78 is 31.1. The Labute approximate surface area is 173 Å². The average molecular weight is 421 g/mol. The second-order valence-electron chi connectivity index (χ2n) is 6.67. The lowest BCUT2D eigenvalue weighted by Gasteiger charge is -2.07. The van der Waals surface area contributed by atoms with Crippen molar-refractivity contribution >= 4 is 26.7 Å². The van der Waals surface area contributed by atoms with E-state index < -0.39 is 9.84 Å². The fourth-order valence-electron chi connectivity index (χ4n) is 2.98. The van der Waals surface area contributed by atoms with Gasteiger partial charge in [-0.25, -0.2) is 13.4 Å². The molecule has 4 rings (SSSR count). The lowest BCUT2D eigenvalue weighted by atomic mass is 10.2. The predicted molar refractivity (Wildman–Crippen MR) is 111 cm³/mol. The fourth-order valence-corrected chi connectivity index (χ4v) is 4.21. The van der Waals surface area contributed by atoms with E-state index in [9.17, 15) is 13.2 Å². The van der Waals surface area contributed by atoms with Crippen molar-refractivity contribution in [3.63, 3.8) is 0 Å². The molecule has 4 aromatic rings. The van der Waals surface area contributed by atoms with E-state index >= 15 is 0 Å². The average Bonchev–Trinajstić information content (AvgIpc) is 3.22. The van der Waals surface area contributed by atoms with Crippen molar-refractivity contribution < 1.29 is 17.6 Å². The summed E-state index contributed by atoms with van der Waals surface area (Å²) in [5, 5.41) is 3.59. The first-order valence-electron chi connectivity index (χ1n) is 9.39. The fraction of sp³-hybridized carbons (Fsp3) is 0.136. The van der Waals surface area contributed by atoms with Gasteiger partial charge >= 0.3 is 0 Å². The standard InChI is InChI=1S/C22H19N3O4S/c1-2-17-4-3-5-21(25-17)30(27,28)18-8-6-15(7-9-18)13-24-22(26)19-12-16-10-11-23-14-20(16)29-19/h3-12,14H,2,13H2,1H3,(H,24,26). The molecule has 1 aromatic carbocycles. The van der Waals surface area contributed by atoms with Gasteiger partial charge in [-0.2, -0.15) is 0 Å². The Morgan fingerprint density at radius 1 is 1.10 bits per heavy atom. The summed E-state index contributed by atoms with van der Waals surface area (Å²) in [7, 11) is -3.70. The number of aryl methyl sites for hydroxylation is 1. The molecular weight excluding hydrogens is 402 g/mol. The third-order valence-electron chi connectivity index (χ3n) is 4.65. The summed E-state index contributed by atoms with van der Waals surface area (Å²) >= 11 is 0. The Balaban J connectivity index is 1.46. The summed E-state index contributed by atoms with van der Waals surface area (Å²) in [5.41, 5.74) is 2.02. The Hall–Kier alpha value is -3.52. The number of fused-ring (bicyclic) bond motifs is 1. The second-order valence-corrected chi connectivity index (χ2v) is 8.57. The van der Waals surface area contributed by atoms with Gasteiger partial charge in [-0.3, -0.25) is 9.78 Å². The zero-order chi connectivity index (χ0) is 21.1. The molecule has 152 valence electrons. The zero-order valence-electron chi connectivity index (χ0n) is 16.2. The van der Waals surface area contributed by atoms with Gasteiger partial charge in [0.1, 0.15) is 0 Å². The number of benzene rings is 1. The third-order valence-corrected chi connectivity index (χ3v) is 6.32. The number of nitrogens with one attached hydrogen (secondary N) is 1. The Kier molecular flexibility index (Phi) is 5.33. The van der Waals surface area contributed by atoms with Crippen LogP contribution in [0.1, 0.15) is 28.7 Å². The van der Waals surface area contributed by atoms with Gasteiger partial charge in [0.05, 0.1) is 11.1 Å². The van der Waals surface area contributed by atoms with Crippen LogP contribution in [-0.4, -0.2) is 24.3 Å². The largest absolute Gasteiger partial charge is 0.449 e. The van der Waals surface area contributed by atoms with Crippen molar-refractivity contribution in [3.05, 3.63) is 84.0 Å². The number of nitrogens with zero attached hydrogens (tertiary/aromatic N) is 2. The number of pyridine rings is 2. The van der Waals surface area contributed by atoms with Crippen LogP contribution in [0.4, 0.5) is 0 Å². The molecule has 0 unspecified atom stereocenters. The van der Waals surface area contributed by atoms with Crippen LogP contribution < -0.4 is 5.32 Å². The molecule has 3 aromatic heterocycles. The summed E-state index contributed by atoms with van der Waals surface area (Å²) in [6.07, 6.45) is 3.84. The van der Waals surface area contributed by atoms with Gasteiger partial charge in [0.2, 0.25) is 9.84 Å². The first-order chi connectivity index (χ1) is 14.5. The molecule has 0 fully saturated rings. The van der Waals surface area contributed by atoms with Gasteiger partial charge in [0.25, 0.3) is 5.91 Å². The quantitative estimate of drug-likeness (QED) is 0.511. The van der Waals surface area contributed by atoms with Crippen molar-refractivity contribution in [1.82, 2.24) is 15.3 Å². The molecule has 0 saturated heterocycles. The number of amides is 1. The van der Waals surface area contributed by atoms with Crippen LogP contribution in [0.15, 0.2) is 81.3 Å². The minimum atomic E-state index is -3.70. The topological polar surface area (TPSA) is 102 Å². The maximum Gasteiger partial charge on any atom is 0.287 e. The molecule has 0 bridgehead atoms. The van der Waals surface area contributed by atoms with Crippen LogP contribution >= 0.6 is 0 Å². The molecule has 7 nitrogen and oxygen atoms in total. The molecule has 0 radical (unpaired) electrons. The molecule has 8 heteroatoms.